The number of hydrogen-bond acceptors (Lipinski definition) is 7. The Morgan fingerprint density at radius 2 is 1.87 bits per heavy atom. The Balaban J connectivity index is 1.39. The van der Waals surface area contributed by atoms with Crippen LogP contribution < -0.4 is 4.72 Å². The molecule has 1 amide bonds. The lowest BCUT2D eigenvalue weighted by Crippen LogP contribution is -2.28. The summed E-state index contributed by atoms with van der Waals surface area (Å²) in [6.45, 7) is 7.06. The van der Waals surface area contributed by atoms with Crippen molar-refractivity contribution < 1.29 is 13.2 Å². The first-order valence-corrected chi connectivity index (χ1v) is 13.7. The number of carbonyl (C=O) groups is 1. The monoisotopic (exact) mass is 468 g/mol. The van der Waals surface area contributed by atoms with Crippen LogP contribution in [0.4, 0.5) is 0 Å². The number of rotatable bonds is 8. The zero-order chi connectivity index (χ0) is 21.1. The molecule has 2 fully saturated rings. The van der Waals surface area contributed by atoms with Crippen molar-refractivity contribution in [1.29, 1.82) is 0 Å². The van der Waals surface area contributed by atoms with E-state index in [2.05, 4.69) is 14.6 Å². The minimum absolute atomic E-state index is 0.0384. The van der Waals surface area contributed by atoms with Gasteiger partial charge in [-0.15, -0.1) is 22.7 Å². The summed E-state index contributed by atoms with van der Waals surface area (Å²) < 4.78 is 28.3. The molecule has 4 rings (SSSR count). The van der Waals surface area contributed by atoms with E-state index in [-0.39, 0.29) is 5.91 Å². The molecule has 0 aromatic carbocycles. The van der Waals surface area contributed by atoms with Gasteiger partial charge in [-0.3, -0.25) is 4.79 Å². The summed E-state index contributed by atoms with van der Waals surface area (Å²) in [4.78, 5) is 22.2. The number of nitrogens with one attached hydrogen (secondary N) is 1. The minimum Gasteiger partial charge on any atom is -0.338 e. The molecule has 10 heteroatoms. The molecule has 2 saturated heterocycles. The van der Waals surface area contributed by atoms with E-state index in [4.69, 9.17) is 0 Å². The maximum absolute atomic E-state index is 12.7. The summed E-state index contributed by atoms with van der Waals surface area (Å²) in [6, 6.07) is 1.66. The number of thiazole rings is 1. The SMILES string of the molecule is Cc1nc(-c2csc(S(=O)(=O)NCCCN3CCCC3)c2)sc1C(=O)N1CCCC1. The maximum Gasteiger partial charge on any atom is 0.265 e. The molecule has 0 aliphatic carbocycles. The fourth-order valence-corrected chi connectivity index (χ4v) is 7.32. The van der Waals surface area contributed by atoms with Crippen LogP contribution in [0.15, 0.2) is 15.7 Å². The normalized spacial score (nSPS) is 17.8. The molecule has 0 unspecified atom stereocenters. The summed E-state index contributed by atoms with van der Waals surface area (Å²) in [5.74, 6) is 0.0384. The average Bonchev–Trinajstić information content (AvgIpc) is 3.52. The third-order valence-electron chi connectivity index (χ3n) is 5.61. The van der Waals surface area contributed by atoms with Crippen LogP contribution in [0.3, 0.4) is 0 Å². The predicted octanol–water partition coefficient (Wildman–Crippen LogP) is 3.18. The van der Waals surface area contributed by atoms with E-state index in [0.29, 0.717) is 26.3 Å². The number of carbonyl (C=O) groups excluding carboxylic acids is 1. The highest BCUT2D eigenvalue weighted by molar-refractivity contribution is 7.91. The van der Waals surface area contributed by atoms with Crippen molar-refractivity contribution in [3.05, 3.63) is 22.0 Å². The van der Waals surface area contributed by atoms with Gasteiger partial charge in [0.2, 0.25) is 10.0 Å². The molecule has 4 heterocycles. The Morgan fingerprint density at radius 1 is 1.17 bits per heavy atom. The van der Waals surface area contributed by atoms with Crippen LogP contribution in [0.1, 0.15) is 47.5 Å². The molecule has 0 atom stereocenters. The third-order valence-corrected chi connectivity index (χ3v) is 9.71. The van der Waals surface area contributed by atoms with Crippen molar-refractivity contribution in [3.63, 3.8) is 0 Å². The molecular weight excluding hydrogens is 440 g/mol. The largest absolute Gasteiger partial charge is 0.338 e. The zero-order valence-electron chi connectivity index (χ0n) is 17.2. The van der Waals surface area contributed by atoms with Crippen LogP contribution in [0.25, 0.3) is 10.6 Å². The first-order chi connectivity index (χ1) is 14.4. The van der Waals surface area contributed by atoms with E-state index in [0.717, 1.165) is 57.5 Å². The van der Waals surface area contributed by atoms with Gasteiger partial charge in [0, 0.05) is 30.6 Å². The highest BCUT2D eigenvalue weighted by Gasteiger charge is 2.25. The van der Waals surface area contributed by atoms with E-state index < -0.39 is 10.0 Å². The first-order valence-electron chi connectivity index (χ1n) is 10.5. The van der Waals surface area contributed by atoms with Crippen LogP contribution in [0, 0.1) is 6.92 Å². The summed E-state index contributed by atoms with van der Waals surface area (Å²) in [5, 5.41) is 2.50. The van der Waals surface area contributed by atoms with Crippen molar-refractivity contribution in [2.24, 2.45) is 0 Å². The average molecular weight is 469 g/mol. The molecule has 1 N–H and O–H groups in total. The van der Waals surface area contributed by atoms with E-state index in [9.17, 15) is 13.2 Å². The molecule has 7 nitrogen and oxygen atoms in total. The van der Waals surface area contributed by atoms with E-state index in [1.807, 2.05) is 11.8 Å². The highest BCUT2D eigenvalue weighted by Crippen LogP contribution is 2.33. The van der Waals surface area contributed by atoms with Gasteiger partial charge in [-0.25, -0.2) is 18.1 Å². The van der Waals surface area contributed by atoms with Gasteiger partial charge in [-0.1, -0.05) is 0 Å². The van der Waals surface area contributed by atoms with Crippen molar-refractivity contribution in [3.8, 4) is 10.6 Å². The second kappa shape index (κ2) is 9.44. The molecule has 2 aromatic rings. The number of thiophene rings is 1. The number of sulfonamides is 1. The van der Waals surface area contributed by atoms with E-state index >= 15 is 0 Å². The summed E-state index contributed by atoms with van der Waals surface area (Å²) in [5.41, 5.74) is 1.47. The topological polar surface area (TPSA) is 82.6 Å². The first kappa shape index (κ1) is 21.9. The lowest BCUT2D eigenvalue weighted by Gasteiger charge is -2.14. The number of aryl methyl sites for hydroxylation is 1. The second-order valence-electron chi connectivity index (χ2n) is 7.89. The van der Waals surface area contributed by atoms with Crippen LogP contribution in [-0.4, -0.2) is 68.4 Å². The molecule has 2 aliphatic rings. The van der Waals surface area contributed by atoms with E-state index in [1.54, 1.807) is 11.4 Å². The molecular formula is C20H28N4O3S3. The maximum atomic E-state index is 12.7. The van der Waals surface area contributed by atoms with Crippen LogP contribution >= 0.6 is 22.7 Å². The molecule has 164 valence electrons. The predicted molar refractivity (Wildman–Crippen MR) is 121 cm³/mol. The molecule has 30 heavy (non-hydrogen) atoms. The third kappa shape index (κ3) is 4.94. The van der Waals surface area contributed by atoms with Crippen LogP contribution in [0.2, 0.25) is 0 Å². The molecule has 0 radical (unpaired) electrons. The Hall–Kier alpha value is -1.33. The van der Waals surface area contributed by atoms with E-state index in [1.165, 1.54) is 35.5 Å². The second-order valence-corrected chi connectivity index (χ2v) is 11.8. The summed E-state index contributed by atoms with van der Waals surface area (Å²) in [6.07, 6.45) is 5.39. The van der Waals surface area contributed by atoms with Gasteiger partial charge in [-0.05, 0) is 64.7 Å². The van der Waals surface area contributed by atoms with Gasteiger partial charge in [0.05, 0.1) is 5.69 Å². The Morgan fingerprint density at radius 3 is 2.60 bits per heavy atom. The number of nitrogens with zero attached hydrogens (tertiary/aromatic N) is 3. The number of hydrogen-bond donors (Lipinski definition) is 1. The zero-order valence-corrected chi connectivity index (χ0v) is 19.7. The smallest absolute Gasteiger partial charge is 0.265 e. The Labute approximate surface area is 186 Å². The highest BCUT2D eigenvalue weighted by atomic mass is 32.2. The van der Waals surface area contributed by atoms with Gasteiger partial charge in [-0.2, -0.15) is 0 Å². The lowest BCUT2D eigenvalue weighted by molar-refractivity contribution is 0.0796. The summed E-state index contributed by atoms with van der Waals surface area (Å²) in [7, 11) is -3.52. The van der Waals surface area contributed by atoms with Crippen molar-refractivity contribution in [1.82, 2.24) is 19.5 Å². The fraction of sp³-hybridized carbons (Fsp3) is 0.600. The van der Waals surface area contributed by atoms with Gasteiger partial charge < -0.3 is 9.80 Å². The van der Waals surface area contributed by atoms with Crippen molar-refractivity contribution in [2.45, 2.75) is 43.2 Å². The Bertz CT molecular complexity index is 987. The van der Waals surface area contributed by atoms with Crippen LogP contribution in [0.5, 0.6) is 0 Å². The number of amides is 1. The van der Waals surface area contributed by atoms with Gasteiger partial charge in [0.15, 0.2) is 0 Å². The molecule has 2 aliphatic heterocycles. The standard InChI is InChI=1S/C20H28N4O3S3/c1-15-18(20(25)24-11-4-5-12-24)29-19(22-15)16-13-17(28-14-16)30(26,27)21-7-6-10-23-8-2-3-9-23/h13-14,21H,2-12H2,1H3. The molecule has 0 spiro atoms. The quantitative estimate of drug-likeness (QED) is 0.602. The van der Waals surface area contributed by atoms with Crippen molar-refractivity contribution in [2.75, 3.05) is 39.3 Å². The summed E-state index contributed by atoms with van der Waals surface area (Å²) >= 11 is 2.54. The number of likely N-dealkylation sites (tertiary alicyclic amines) is 2. The molecule has 0 bridgehead atoms. The number of aromatic nitrogens is 1. The van der Waals surface area contributed by atoms with Gasteiger partial charge in [0.1, 0.15) is 14.1 Å². The van der Waals surface area contributed by atoms with Crippen molar-refractivity contribution >= 4 is 38.6 Å². The fourth-order valence-electron chi connectivity index (χ4n) is 3.94. The minimum atomic E-state index is -3.52. The van der Waals surface area contributed by atoms with Crippen LogP contribution in [-0.2, 0) is 10.0 Å². The van der Waals surface area contributed by atoms with Gasteiger partial charge in [0.25, 0.3) is 5.91 Å². The lowest BCUT2D eigenvalue weighted by atomic mass is 10.3. The Kier molecular flexibility index (Phi) is 6.88. The molecule has 2 aromatic heterocycles. The molecule has 0 saturated carbocycles. The van der Waals surface area contributed by atoms with Gasteiger partial charge >= 0.3 is 0 Å².